The first-order valence-electron chi connectivity index (χ1n) is 5.58. The summed E-state index contributed by atoms with van der Waals surface area (Å²) in [6, 6.07) is 4.80. The average molecular weight is 275 g/mol. The largest absolute Gasteiger partial charge is 0.497 e. The molecule has 98 valence electrons. The standard InChI is InChI=1S/C13H13N3O2S/c1-3-4-9(14)12(17)16-13-15-10-6-5-8(18-2)7-11(10)19-13/h1,5-7,9H,4,14H2,2H3,(H,15,16,17). The van der Waals surface area contributed by atoms with Gasteiger partial charge in [-0.25, -0.2) is 4.98 Å². The van der Waals surface area contributed by atoms with Gasteiger partial charge in [0, 0.05) is 6.42 Å². The number of ether oxygens (including phenoxy) is 1. The number of hydrogen-bond acceptors (Lipinski definition) is 5. The fourth-order valence-corrected chi connectivity index (χ4v) is 2.40. The van der Waals surface area contributed by atoms with E-state index in [0.29, 0.717) is 5.13 Å². The fourth-order valence-electron chi connectivity index (χ4n) is 1.50. The molecule has 1 amide bonds. The Morgan fingerprint density at radius 2 is 2.47 bits per heavy atom. The van der Waals surface area contributed by atoms with E-state index in [-0.39, 0.29) is 12.3 Å². The summed E-state index contributed by atoms with van der Waals surface area (Å²) < 4.78 is 6.06. The lowest BCUT2D eigenvalue weighted by Gasteiger charge is -2.06. The van der Waals surface area contributed by atoms with Crippen molar-refractivity contribution in [3.63, 3.8) is 0 Å². The summed E-state index contributed by atoms with van der Waals surface area (Å²) in [5.74, 6) is 2.77. The molecule has 19 heavy (non-hydrogen) atoms. The molecule has 5 nitrogen and oxygen atoms in total. The summed E-state index contributed by atoms with van der Waals surface area (Å²) in [5, 5.41) is 3.16. The molecule has 1 aromatic heterocycles. The monoisotopic (exact) mass is 275 g/mol. The number of fused-ring (bicyclic) bond motifs is 1. The topological polar surface area (TPSA) is 77.2 Å². The fraction of sp³-hybridized carbons (Fsp3) is 0.231. The molecule has 3 N–H and O–H groups in total. The van der Waals surface area contributed by atoms with Gasteiger partial charge in [-0.1, -0.05) is 11.3 Å². The van der Waals surface area contributed by atoms with Crippen molar-refractivity contribution in [1.29, 1.82) is 0 Å². The van der Waals surface area contributed by atoms with Crippen LogP contribution in [0.5, 0.6) is 5.75 Å². The predicted octanol–water partition coefficient (Wildman–Crippen LogP) is 1.59. The van der Waals surface area contributed by atoms with E-state index in [0.717, 1.165) is 16.0 Å². The average Bonchev–Trinajstić information content (AvgIpc) is 2.79. The molecule has 2 rings (SSSR count). The Labute approximate surface area is 114 Å². The number of carbonyl (C=O) groups excluding carboxylic acids is 1. The Morgan fingerprint density at radius 3 is 3.16 bits per heavy atom. The third-order valence-corrected chi connectivity index (χ3v) is 3.43. The van der Waals surface area contributed by atoms with E-state index < -0.39 is 6.04 Å². The second-order valence-electron chi connectivity index (χ2n) is 3.86. The number of hydrogen-bond donors (Lipinski definition) is 2. The SMILES string of the molecule is C#CCC(N)C(=O)Nc1nc2ccc(OC)cc2s1. The van der Waals surface area contributed by atoms with Gasteiger partial charge in [-0.2, -0.15) is 0 Å². The quantitative estimate of drug-likeness (QED) is 0.831. The maximum absolute atomic E-state index is 11.7. The molecule has 0 saturated heterocycles. The second kappa shape index (κ2) is 5.69. The van der Waals surface area contributed by atoms with Crippen LogP contribution in [0.1, 0.15) is 6.42 Å². The van der Waals surface area contributed by atoms with Crippen LogP contribution < -0.4 is 15.8 Å². The van der Waals surface area contributed by atoms with Crippen LogP contribution in [0.15, 0.2) is 18.2 Å². The summed E-state index contributed by atoms with van der Waals surface area (Å²) in [5.41, 5.74) is 6.42. The molecule has 0 aliphatic rings. The minimum Gasteiger partial charge on any atom is -0.497 e. The molecule has 0 bridgehead atoms. The van der Waals surface area contributed by atoms with Crippen molar-refractivity contribution in [2.75, 3.05) is 12.4 Å². The number of aromatic nitrogens is 1. The number of nitrogens with two attached hydrogens (primary N) is 1. The Kier molecular flexibility index (Phi) is 4.00. The Balaban J connectivity index is 2.18. The van der Waals surface area contributed by atoms with Crippen molar-refractivity contribution >= 4 is 32.6 Å². The van der Waals surface area contributed by atoms with Crippen LogP contribution in [0, 0.1) is 12.3 Å². The van der Waals surface area contributed by atoms with Gasteiger partial charge in [-0.3, -0.25) is 4.79 Å². The molecule has 1 heterocycles. The number of nitrogens with zero attached hydrogens (tertiary/aromatic N) is 1. The van der Waals surface area contributed by atoms with Gasteiger partial charge >= 0.3 is 0 Å². The molecule has 1 unspecified atom stereocenters. The van der Waals surface area contributed by atoms with Crippen LogP contribution in [0.25, 0.3) is 10.2 Å². The third-order valence-electron chi connectivity index (χ3n) is 2.50. The molecule has 2 aromatic rings. The molecule has 0 aliphatic carbocycles. The number of methoxy groups -OCH3 is 1. The van der Waals surface area contributed by atoms with Gasteiger partial charge in [-0.15, -0.1) is 12.3 Å². The van der Waals surface area contributed by atoms with E-state index in [1.54, 1.807) is 7.11 Å². The van der Waals surface area contributed by atoms with Crippen molar-refractivity contribution in [3.05, 3.63) is 18.2 Å². The molecule has 0 radical (unpaired) electrons. The molecule has 0 fully saturated rings. The van der Waals surface area contributed by atoms with Gasteiger partial charge in [0.1, 0.15) is 5.75 Å². The zero-order chi connectivity index (χ0) is 13.8. The zero-order valence-corrected chi connectivity index (χ0v) is 11.2. The van der Waals surface area contributed by atoms with Crippen LogP contribution in [0.3, 0.4) is 0 Å². The predicted molar refractivity (Wildman–Crippen MR) is 76.2 cm³/mol. The highest BCUT2D eigenvalue weighted by atomic mass is 32.1. The van der Waals surface area contributed by atoms with E-state index in [1.807, 2.05) is 18.2 Å². The summed E-state index contributed by atoms with van der Waals surface area (Å²) in [6.45, 7) is 0. The molecule has 0 aliphatic heterocycles. The molecule has 6 heteroatoms. The van der Waals surface area contributed by atoms with Gasteiger partial charge in [0.2, 0.25) is 5.91 Å². The summed E-state index contributed by atoms with van der Waals surface area (Å²) in [4.78, 5) is 16.0. The van der Waals surface area contributed by atoms with Gasteiger partial charge < -0.3 is 15.8 Å². The van der Waals surface area contributed by atoms with E-state index in [1.165, 1.54) is 11.3 Å². The number of carbonyl (C=O) groups is 1. The molecular formula is C13H13N3O2S. The number of nitrogens with one attached hydrogen (secondary N) is 1. The summed E-state index contributed by atoms with van der Waals surface area (Å²) >= 11 is 1.36. The number of thiazole rings is 1. The highest BCUT2D eigenvalue weighted by Gasteiger charge is 2.14. The van der Waals surface area contributed by atoms with Crippen LogP contribution >= 0.6 is 11.3 Å². The highest BCUT2D eigenvalue weighted by molar-refractivity contribution is 7.22. The Morgan fingerprint density at radius 1 is 1.68 bits per heavy atom. The van der Waals surface area contributed by atoms with Crippen molar-refractivity contribution in [1.82, 2.24) is 4.98 Å². The number of amides is 1. The molecule has 1 atom stereocenters. The number of anilines is 1. The minimum absolute atomic E-state index is 0.199. The number of rotatable bonds is 4. The van der Waals surface area contributed by atoms with Gasteiger partial charge in [0.05, 0.1) is 23.4 Å². The summed E-state index contributed by atoms with van der Waals surface area (Å²) in [6.07, 6.45) is 5.32. The van der Waals surface area contributed by atoms with Crippen molar-refractivity contribution in [3.8, 4) is 18.1 Å². The zero-order valence-electron chi connectivity index (χ0n) is 10.3. The Hall–Kier alpha value is -2.10. The van der Waals surface area contributed by atoms with Crippen molar-refractivity contribution in [2.45, 2.75) is 12.5 Å². The van der Waals surface area contributed by atoms with E-state index in [4.69, 9.17) is 16.9 Å². The van der Waals surface area contributed by atoms with E-state index in [2.05, 4.69) is 16.2 Å². The molecular weight excluding hydrogens is 262 g/mol. The first-order valence-corrected chi connectivity index (χ1v) is 6.40. The van der Waals surface area contributed by atoms with Crippen LogP contribution in [0.2, 0.25) is 0 Å². The number of terminal acetylenes is 1. The van der Waals surface area contributed by atoms with Gasteiger partial charge in [0.15, 0.2) is 5.13 Å². The molecule has 0 spiro atoms. The first-order chi connectivity index (χ1) is 9.13. The first kappa shape index (κ1) is 13.3. The van der Waals surface area contributed by atoms with E-state index >= 15 is 0 Å². The number of benzene rings is 1. The lowest BCUT2D eigenvalue weighted by atomic mass is 10.2. The Bertz CT molecular complexity index is 645. The van der Waals surface area contributed by atoms with Crippen LogP contribution in [-0.2, 0) is 4.79 Å². The molecule has 0 saturated carbocycles. The van der Waals surface area contributed by atoms with Gasteiger partial charge in [0.25, 0.3) is 0 Å². The third kappa shape index (κ3) is 3.02. The molecule has 1 aromatic carbocycles. The lowest BCUT2D eigenvalue weighted by molar-refractivity contribution is -0.117. The smallest absolute Gasteiger partial charge is 0.244 e. The van der Waals surface area contributed by atoms with Crippen molar-refractivity contribution < 1.29 is 9.53 Å². The van der Waals surface area contributed by atoms with E-state index in [9.17, 15) is 4.79 Å². The maximum Gasteiger partial charge on any atom is 0.244 e. The minimum atomic E-state index is -0.716. The maximum atomic E-state index is 11.7. The van der Waals surface area contributed by atoms with Crippen LogP contribution in [-0.4, -0.2) is 24.0 Å². The second-order valence-corrected chi connectivity index (χ2v) is 4.89. The summed E-state index contributed by atoms with van der Waals surface area (Å²) in [7, 11) is 1.60. The lowest BCUT2D eigenvalue weighted by Crippen LogP contribution is -2.35. The van der Waals surface area contributed by atoms with Gasteiger partial charge in [-0.05, 0) is 18.2 Å². The van der Waals surface area contributed by atoms with Crippen molar-refractivity contribution in [2.24, 2.45) is 5.73 Å². The normalized spacial score (nSPS) is 11.8. The van der Waals surface area contributed by atoms with Crippen LogP contribution in [0.4, 0.5) is 5.13 Å². The highest BCUT2D eigenvalue weighted by Crippen LogP contribution is 2.29.